The molecular weight excluding hydrogens is 288 g/mol. The van der Waals surface area contributed by atoms with Gasteiger partial charge in [-0.3, -0.25) is 4.79 Å². The highest BCUT2D eigenvalue weighted by atomic mass is 19.4. The van der Waals surface area contributed by atoms with Crippen LogP contribution in [0.2, 0.25) is 0 Å². The molecule has 0 N–H and O–H groups in total. The Morgan fingerprint density at radius 1 is 1.29 bits per heavy atom. The molecule has 0 saturated heterocycles. The first-order chi connectivity index (χ1) is 9.79. The number of carbonyl (C=O) groups is 1. The summed E-state index contributed by atoms with van der Waals surface area (Å²) in [7, 11) is 0. The zero-order valence-electron chi connectivity index (χ0n) is 11.2. The number of rotatable bonds is 0. The number of fused-ring (bicyclic) bond motifs is 1. The molecule has 2 aliphatic rings. The first-order valence-electron chi connectivity index (χ1n) is 6.88. The molecule has 6 heteroatoms. The van der Waals surface area contributed by atoms with E-state index < -0.39 is 23.5 Å². The van der Waals surface area contributed by atoms with Gasteiger partial charge in [0.2, 0.25) is 0 Å². The van der Waals surface area contributed by atoms with Crippen molar-refractivity contribution in [2.75, 3.05) is 0 Å². The lowest BCUT2D eigenvalue weighted by Crippen LogP contribution is -2.48. The molecule has 3 rings (SSSR count). The van der Waals surface area contributed by atoms with Crippen LogP contribution in [0, 0.1) is 11.7 Å². The fraction of sp³-hybridized carbons (Fsp3) is 0.533. The van der Waals surface area contributed by atoms with E-state index in [9.17, 15) is 22.4 Å². The number of halogens is 4. The number of carbonyl (C=O) groups excluding carboxylic acids is 1. The van der Waals surface area contributed by atoms with Gasteiger partial charge in [-0.1, -0.05) is 0 Å². The van der Waals surface area contributed by atoms with Gasteiger partial charge in [0, 0.05) is 6.07 Å². The van der Waals surface area contributed by atoms with Crippen molar-refractivity contribution in [3.8, 4) is 5.75 Å². The van der Waals surface area contributed by atoms with E-state index >= 15 is 0 Å². The minimum atomic E-state index is -4.29. The standard InChI is InChI=1S/C15H14F4O2/c16-10-3-4-11-12(20)8-14(21-13(11)6-10)5-1-2-9(7-14)15(17,18)19/h3-4,6,9H,1-2,5,7-8H2. The Balaban J connectivity index is 1.92. The van der Waals surface area contributed by atoms with Crippen LogP contribution in [0.5, 0.6) is 5.75 Å². The van der Waals surface area contributed by atoms with Crippen molar-refractivity contribution in [2.45, 2.75) is 43.9 Å². The predicted molar refractivity (Wildman–Crippen MR) is 66.7 cm³/mol. The van der Waals surface area contributed by atoms with E-state index in [1.54, 1.807) is 0 Å². The van der Waals surface area contributed by atoms with Crippen LogP contribution in [0.15, 0.2) is 18.2 Å². The van der Waals surface area contributed by atoms with Gasteiger partial charge in [0.15, 0.2) is 5.78 Å². The number of Topliss-reactive ketones (excluding diaryl/α,β-unsaturated/α-hetero) is 1. The van der Waals surface area contributed by atoms with Gasteiger partial charge in [0.25, 0.3) is 0 Å². The van der Waals surface area contributed by atoms with Crippen LogP contribution in [-0.4, -0.2) is 17.6 Å². The molecule has 1 aliphatic carbocycles. The van der Waals surface area contributed by atoms with Crippen LogP contribution in [0.1, 0.15) is 42.5 Å². The van der Waals surface area contributed by atoms with E-state index in [0.717, 1.165) is 12.1 Å². The van der Waals surface area contributed by atoms with E-state index in [4.69, 9.17) is 4.74 Å². The van der Waals surface area contributed by atoms with Crippen LogP contribution >= 0.6 is 0 Å². The largest absolute Gasteiger partial charge is 0.486 e. The molecule has 21 heavy (non-hydrogen) atoms. The molecule has 1 aliphatic heterocycles. The summed E-state index contributed by atoms with van der Waals surface area (Å²) in [6, 6.07) is 3.55. The molecule has 1 aromatic rings. The summed E-state index contributed by atoms with van der Waals surface area (Å²) >= 11 is 0. The topological polar surface area (TPSA) is 26.3 Å². The van der Waals surface area contributed by atoms with Gasteiger partial charge in [-0.2, -0.15) is 13.2 Å². The lowest BCUT2D eigenvalue weighted by atomic mass is 9.73. The first kappa shape index (κ1) is 14.4. The van der Waals surface area contributed by atoms with E-state index in [1.807, 2.05) is 0 Å². The fourth-order valence-electron chi connectivity index (χ4n) is 3.32. The van der Waals surface area contributed by atoms with Gasteiger partial charge >= 0.3 is 6.18 Å². The molecule has 0 bridgehead atoms. The summed E-state index contributed by atoms with van der Waals surface area (Å²) in [5, 5.41) is 0. The van der Waals surface area contributed by atoms with Gasteiger partial charge < -0.3 is 4.74 Å². The molecule has 0 radical (unpaired) electrons. The Kier molecular flexibility index (Phi) is 3.22. The summed E-state index contributed by atoms with van der Waals surface area (Å²) in [4.78, 5) is 12.1. The second kappa shape index (κ2) is 4.71. The predicted octanol–water partition coefficient (Wildman–Crippen LogP) is 4.28. The van der Waals surface area contributed by atoms with Crippen molar-refractivity contribution in [3.63, 3.8) is 0 Å². The molecule has 2 atom stereocenters. The van der Waals surface area contributed by atoms with Crippen LogP contribution in [0.4, 0.5) is 17.6 Å². The average molecular weight is 302 g/mol. The van der Waals surface area contributed by atoms with Crippen molar-refractivity contribution in [1.29, 1.82) is 0 Å². The molecule has 2 unspecified atom stereocenters. The Morgan fingerprint density at radius 2 is 2.05 bits per heavy atom. The maximum atomic E-state index is 13.3. The smallest absolute Gasteiger partial charge is 0.391 e. The second-order valence-corrected chi connectivity index (χ2v) is 5.86. The van der Waals surface area contributed by atoms with Crippen LogP contribution < -0.4 is 4.74 Å². The van der Waals surface area contributed by atoms with Crippen molar-refractivity contribution in [2.24, 2.45) is 5.92 Å². The summed E-state index contributed by atoms with van der Waals surface area (Å²) in [5.41, 5.74) is -0.896. The highest BCUT2D eigenvalue weighted by Gasteiger charge is 2.51. The minimum Gasteiger partial charge on any atom is -0.486 e. The van der Waals surface area contributed by atoms with Crippen LogP contribution in [0.25, 0.3) is 0 Å². The first-order valence-corrected chi connectivity index (χ1v) is 6.88. The summed E-state index contributed by atoms with van der Waals surface area (Å²) in [6.45, 7) is 0. The molecular formula is C15H14F4O2. The van der Waals surface area contributed by atoms with Crippen molar-refractivity contribution < 1.29 is 27.1 Å². The maximum Gasteiger partial charge on any atom is 0.391 e. The van der Waals surface area contributed by atoms with Crippen molar-refractivity contribution in [1.82, 2.24) is 0 Å². The van der Waals surface area contributed by atoms with Gasteiger partial charge in [0.1, 0.15) is 17.2 Å². The van der Waals surface area contributed by atoms with E-state index in [0.29, 0.717) is 12.8 Å². The highest BCUT2D eigenvalue weighted by molar-refractivity contribution is 6.00. The SMILES string of the molecule is O=C1CC2(CCCC(C(F)(F)F)C2)Oc2cc(F)ccc21. The molecule has 114 valence electrons. The van der Waals surface area contributed by atoms with E-state index in [2.05, 4.69) is 0 Å². The number of alkyl halides is 3. The van der Waals surface area contributed by atoms with Gasteiger partial charge in [0.05, 0.1) is 17.9 Å². The zero-order valence-corrected chi connectivity index (χ0v) is 11.2. The summed E-state index contributed by atoms with van der Waals surface area (Å²) < 4.78 is 57.8. The molecule has 0 aromatic heterocycles. The number of hydrogen-bond donors (Lipinski definition) is 0. The van der Waals surface area contributed by atoms with Crippen molar-refractivity contribution >= 4 is 5.78 Å². The molecule has 0 amide bonds. The average Bonchev–Trinajstić information content (AvgIpc) is 2.36. The zero-order chi connectivity index (χ0) is 15.3. The second-order valence-electron chi connectivity index (χ2n) is 5.86. The van der Waals surface area contributed by atoms with Gasteiger partial charge in [-0.05, 0) is 37.8 Å². The third-order valence-electron chi connectivity index (χ3n) is 4.32. The van der Waals surface area contributed by atoms with Crippen LogP contribution in [0.3, 0.4) is 0 Å². The Labute approximate surface area is 119 Å². The van der Waals surface area contributed by atoms with Crippen LogP contribution in [-0.2, 0) is 0 Å². The third-order valence-corrected chi connectivity index (χ3v) is 4.32. The number of hydrogen-bond acceptors (Lipinski definition) is 2. The number of ether oxygens (including phenoxy) is 1. The van der Waals surface area contributed by atoms with Gasteiger partial charge in [-0.25, -0.2) is 4.39 Å². The molecule has 1 saturated carbocycles. The normalized spacial score (nSPS) is 29.1. The quantitative estimate of drug-likeness (QED) is 0.669. The van der Waals surface area contributed by atoms with Gasteiger partial charge in [-0.15, -0.1) is 0 Å². The summed E-state index contributed by atoms with van der Waals surface area (Å²) in [5.74, 6) is -2.25. The molecule has 1 spiro atoms. The highest BCUT2D eigenvalue weighted by Crippen LogP contribution is 2.47. The van der Waals surface area contributed by atoms with E-state index in [-0.39, 0.29) is 36.4 Å². The lowest BCUT2D eigenvalue weighted by Gasteiger charge is -2.43. The Bertz CT molecular complexity index is 582. The molecule has 1 aromatic carbocycles. The molecule has 1 fully saturated rings. The lowest BCUT2D eigenvalue weighted by molar-refractivity contribution is -0.197. The molecule has 1 heterocycles. The number of ketones is 1. The maximum absolute atomic E-state index is 13.3. The Morgan fingerprint density at radius 3 is 2.76 bits per heavy atom. The molecule has 2 nitrogen and oxygen atoms in total. The van der Waals surface area contributed by atoms with Crippen molar-refractivity contribution in [3.05, 3.63) is 29.6 Å². The van der Waals surface area contributed by atoms with E-state index in [1.165, 1.54) is 6.07 Å². The summed E-state index contributed by atoms with van der Waals surface area (Å²) in [6.07, 6.45) is -3.80. The Hall–Kier alpha value is -1.59. The monoisotopic (exact) mass is 302 g/mol. The minimum absolute atomic E-state index is 0.0544. The fourth-order valence-corrected chi connectivity index (χ4v) is 3.32. The third kappa shape index (κ3) is 2.63. The number of benzene rings is 1.